The average Bonchev–Trinajstić information content (AvgIpc) is 2.48. The van der Waals surface area contributed by atoms with Crippen LogP contribution in [0.1, 0.15) is 20.7 Å². The molecule has 1 amide bonds. The van der Waals surface area contributed by atoms with Crippen molar-refractivity contribution in [1.82, 2.24) is 0 Å². The maximum Gasteiger partial charge on any atom is 0.255 e. The summed E-state index contributed by atoms with van der Waals surface area (Å²) in [4.78, 5) is 22.5. The molecule has 0 radical (unpaired) electrons. The number of amides is 1. The maximum atomic E-state index is 12.0. The molecule has 2 rings (SSSR count). The summed E-state index contributed by atoms with van der Waals surface area (Å²) in [6.07, 6.45) is 0.729. The quantitative estimate of drug-likeness (QED) is 0.837. The summed E-state index contributed by atoms with van der Waals surface area (Å²) in [5.41, 5.74) is 1.41. The Kier molecular flexibility index (Phi) is 4.00. The van der Waals surface area contributed by atoms with Gasteiger partial charge in [0.05, 0.1) is 7.11 Å². The number of aldehydes is 1. The molecule has 0 aliphatic rings. The van der Waals surface area contributed by atoms with Gasteiger partial charge in [0.15, 0.2) is 11.5 Å². The number of carbonyl (C=O) groups excluding carboxylic acids is 2. The molecule has 0 unspecified atom stereocenters. The van der Waals surface area contributed by atoms with Crippen LogP contribution in [0.2, 0.25) is 0 Å². The molecule has 2 N–H and O–H groups in total. The second-order valence-electron chi connectivity index (χ2n) is 4.08. The number of phenols is 1. The zero-order valence-corrected chi connectivity index (χ0v) is 10.8. The van der Waals surface area contributed by atoms with Crippen molar-refractivity contribution < 1.29 is 19.4 Å². The molecule has 0 aromatic heterocycles. The summed E-state index contributed by atoms with van der Waals surface area (Å²) >= 11 is 0. The Balaban J connectivity index is 2.14. The van der Waals surface area contributed by atoms with E-state index >= 15 is 0 Å². The molecule has 102 valence electrons. The van der Waals surface area contributed by atoms with Gasteiger partial charge in [-0.15, -0.1) is 0 Å². The van der Waals surface area contributed by atoms with Crippen molar-refractivity contribution in [1.29, 1.82) is 0 Å². The van der Waals surface area contributed by atoms with E-state index in [4.69, 9.17) is 4.74 Å². The SMILES string of the molecule is COc1ccc(C(=O)Nc2ccc(C=O)cc2)cc1O. The number of phenolic OH excluding ortho intramolecular Hbond substituents is 1. The Morgan fingerprint density at radius 3 is 2.45 bits per heavy atom. The highest BCUT2D eigenvalue weighted by molar-refractivity contribution is 6.04. The number of hydrogen-bond donors (Lipinski definition) is 2. The monoisotopic (exact) mass is 271 g/mol. The minimum absolute atomic E-state index is 0.101. The Hall–Kier alpha value is -2.82. The van der Waals surface area contributed by atoms with E-state index in [2.05, 4.69) is 5.32 Å². The highest BCUT2D eigenvalue weighted by Crippen LogP contribution is 2.26. The van der Waals surface area contributed by atoms with Gasteiger partial charge in [0.2, 0.25) is 0 Å². The van der Waals surface area contributed by atoms with Crippen LogP contribution in [0.5, 0.6) is 11.5 Å². The van der Waals surface area contributed by atoms with Gasteiger partial charge in [0.1, 0.15) is 6.29 Å². The van der Waals surface area contributed by atoms with Crippen LogP contribution in [0.3, 0.4) is 0 Å². The first-order valence-electron chi connectivity index (χ1n) is 5.87. The minimum atomic E-state index is -0.359. The molecule has 0 saturated carbocycles. The molecule has 0 spiro atoms. The van der Waals surface area contributed by atoms with E-state index in [0.717, 1.165) is 6.29 Å². The van der Waals surface area contributed by atoms with Crippen molar-refractivity contribution in [2.24, 2.45) is 0 Å². The van der Waals surface area contributed by atoms with Gasteiger partial charge in [-0.05, 0) is 42.5 Å². The highest BCUT2D eigenvalue weighted by atomic mass is 16.5. The molecule has 0 saturated heterocycles. The fourth-order valence-electron chi connectivity index (χ4n) is 1.68. The third-order valence-corrected chi connectivity index (χ3v) is 2.75. The van der Waals surface area contributed by atoms with Gasteiger partial charge in [0.25, 0.3) is 5.91 Å². The van der Waals surface area contributed by atoms with Crippen molar-refractivity contribution in [3.8, 4) is 11.5 Å². The van der Waals surface area contributed by atoms with Crippen LogP contribution >= 0.6 is 0 Å². The lowest BCUT2D eigenvalue weighted by molar-refractivity contribution is 0.102. The smallest absolute Gasteiger partial charge is 0.255 e. The van der Waals surface area contributed by atoms with Crippen molar-refractivity contribution in [2.45, 2.75) is 0 Å². The second-order valence-corrected chi connectivity index (χ2v) is 4.08. The molecule has 5 nitrogen and oxygen atoms in total. The van der Waals surface area contributed by atoms with E-state index in [1.165, 1.54) is 19.2 Å². The molecule has 20 heavy (non-hydrogen) atoms. The van der Waals surface area contributed by atoms with Gasteiger partial charge in [0, 0.05) is 16.8 Å². The van der Waals surface area contributed by atoms with Gasteiger partial charge in [-0.1, -0.05) is 0 Å². The maximum absolute atomic E-state index is 12.0. The predicted molar refractivity (Wildman–Crippen MR) is 74.4 cm³/mol. The van der Waals surface area contributed by atoms with Crippen LogP contribution in [0.4, 0.5) is 5.69 Å². The first kappa shape index (κ1) is 13.6. The molecular weight excluding hydrogens is 258 g/mol. The largest absolute Gasteiger partial charge is 0.504 e. The minimum Gasteiger partial charge on any atom is -0.504 e. The number of anilines is 1. The van der Waals surface area contributed by atoms with E-state index in [1.54, 1.807) is 30.3 Å². The summed E-state index contributed by atoms with van der Waals surface area (Å²) in [6.45, 7) is 0. The third kappa shape index (κ3) is 2.95. The van der Waals surface area contributed by atoms with Gasteiger partial charge < -0.3 is 15.2 Å². The highest BCUT2D eigenvalue weighted by Gasteiger charge is 2.09. The molecular formula is C15H13NO4. The van der Waals surface area contributed by atoms with Crippen LogP contribution in [0.25, 0.3) is 0 Å². The fraction of sp³-hybridized carbons (Fsp3) is 0.0667. The first-order chi connectivity index (χ1) is 9.63. The Bertz CT molecular complexity index is 635. The van der Waals surface area contributed by atoms with E-state index in [-0.39, 0.29) is 11.7 Å². The number of benzene rings is 2. The molecule has 0 atom stereocenters. The zero-order valence-electron chi connectivity index (χ0n) is 10.8. The summed E-state index contributed by atoms with van der Waals surface area (Å²) in [7, 11) is 1.43. The summed E-state index contributed by atoms with van der Waals surface area (Å²) in [6, 6.07) is 10.9. The average molecular weight is 271 g/mol. The van der Waals surface area contributed by atoms with E-state index in [9.17, 15) is 14.7 Å². The zero-order chi connectivity index (χ0) is 14.5. The van der Waals surface area contributed by atoms with Crippen LogP contribution in [-0.4, -0.2) is 24.4 Å². The normalized spacial score (nSPS) is 9.85. The second kappa shape index (κ2) is 5.88. The number of methoxy groups -OCH3 is 1. The molecule has 5 heteroatoms. The third-order valence-electron chi connectivity index (χ3n) is 2.75. The van der Waals surface area contributed by atoms with Gasteiger partial charge in [-0.2, -0.15) is 0 Å². The van der Waals surface area contributed by atoms with Crippen molar-refractivity contribution >= 4 is 17.9 Å². The van der Waals surface area contributed by atoms with Gasteiger partial charge in [-0.25, -0.2) is 0 Å². The number of ether oxygens (including phenoxy) is 1. The van der Waals surface area contributed by atoms with Crippen molar-refractivity contribution in [3.63, 3.8) is 0 Å². The standard InChI is InChI=1S/C15H13NO4/c1-20-14-7-4-11(8-13(14)18)15(19)16-12-5-2-10(9-17)3-6-12/h2-9,18H,1H3,(H,16,19). The molecule has 0 heterocycles. The number of hydrogen-bond acceptors (Lipinski definition) is 4. The van der Waals surface area contributed by atoms with Crippen LogP contribution in [0.15, 0.2) is 42.5 Å². The Labute approximate surface area is 115 Å². The molecule has 2 aromatic carbocycles. The summed E-state index contributed by atoms with van der Waals surface area (Å²) in [5.74, 6) is -0.157. The van der Waals surface area contributed by atoms with Gasteiger partial charge in [-0.3, -0.25) is 9.59 Å². The molecule has 0 aliphatic carbocycles. The predicted octanol–water partition coefficient (Wildman–Crippen LogP) is 2.47. The Morgan fingerprint density at radius 2 is 1.90 bits per heavy atom. The van der Waals surface area contributed by atoms with E-state index < -0.39 is 0 Å². The molecule has 2 aromatic rings. The van der Waals surface area contributed by atoms with Crippen LogP contribution in [0, 0.1) is 0 Å². The molecule has 0 bridgehead atoms. The fourth-order valence-corrected chi connectivity index (χ4v) is 1.68. The first-order valence-corrected chi connectivity index (χ1v) is 5.87. The van der Waals surface area contributed by atoms with Crippen LogP contribution < -0.4 is 10.1 Å². The molecule has 0 fully saturated rings. The topological polar surface area (TPSA) is 75.6 Å². The lowest BCUT2D eigenvalue weighted by atomic mass is 10.1. The number of rotatable bonds is 4. The van der Waals surface area contributed by atoms with Crippen molar-refractivity contribution in [3.05, 3.63) is 53.6 Å². The van der Waals surface area contributed by atoms with E-state index in [1.807, 2.05) is 0 Å². The van der Waals surface area contributed by atoms with Crippen LogP contribution in [-0.2, 0) is 0 Å². The van der Waals surface area contributed by atoms with Crippen molar-refractivity contribution in [2.75, 3.05) is 12.4 Å². The Morgan fingerprint density at radius 1 is 1.20 bits per heavy atom. The number of aromatic hydroxyl groups is 1. The lowest BCUT2D eigenvalue weighted by Crippen LogP contribution is -2.11. The summed E-state index contributed by atoms with van der Waals surface area (Å²) in [5, 5.41) is 12.3. The number of carbonyl (C=O) groups is 2. The number of nitrogens with one attached hydrogen (secondary N) is 1. The summed E-state index contributed by atoms with van der Waals surface area (Å²) < 4.78 is 4.91. The lowest BCUT2D eigenvalue weighted by Gasteiger charge is -2.07. The van der Waals surface area contributed by atoms with Gasteiger partial charge >= 0.3 is 0 Å². The van der Waals surface area contributed by atoms with E-state index in [0.29, 0.717) is 22.6 Å². The molecule has 0 aliphatic heterocycles.